The summed E-state index contributed by atoms with van der Waals surface area (Å²) in [5, 5.41) is 60.7. The Morgan fingerprint density at radius 3 is 2.26 bits per heavy atom. The fourth-order valence-corrected chi connectivity index (χ4v) is 4.35. The highest BCUT2D eigenvalue weighted by Crippen LogP contribution is 2.53. The van der Waals surface area contributed by atoms with Crippen molar-refractivity contribution in [2.75, 3.05) is 0 Å². The van der Waals surface area contributed by atoms with E-state index in [4.69, 9.17) is 18.9 Å². The summed E-state index contributed by atoms with van der Waals surface area (Å²) in [6.07, 6.45) is -7.99. The maximum absolute atomic E-state index is 10.5. The summed E-state index contributed by atoms with van der Waals surface area (Å²) in [5.74, 6) is -1.08. The van der Waals surface area contributed by atoms with E-state index in [2.05, 4.69) is 0 Å². The molecule has 0 aromatic heterocycles. The number of aromatic hydroxyl groups is 4. The van der Waals surface area contributed by atoms with E-state index in [1.807, 2.05) is 0 Å². The van der Waals surface area contributed by atoms with Gasteiger partial charge in [0.2, 0.25) is 0 Å². The van der Waals surface area contributed by atoms with Crippen LogP contribution in [0.5, 0.6) is 28.7 Å². The molecular formula is C21H22O10. The van der Waals surface area contributed by atoms with Gasteiger partial charge >= 0.3 is 0 Å². The average molecular weight is 434 g/mol. The van der Waals surface area contributed by atoms with E-state index in [1.54, 1.807) is 6.92 Å². The van der Waals surface area contributed by atoms with Crippen molar-refractivity contribution in [3.8, 4) is 28.7 Å². The first kappa shape index (κ1) is 20.2. The first-order valence-corrected chi connectivity index (χ1v) is 9.81. The van der Waals surface area contributed by atoms with Gasteiger partial charge < -0.3 is 49.6 Å². The van der Waals surface area contributed by atoms with Crippen molar-refractivity contribution < 1.29 is 49.6 Å². The number of ether oxygens (including phenoxy) is 4. The van der Waals surface area contributed by atoms with Crippen LogP contribution in [0.25, 0.3) is 0 Å². The topological polar surface area (TPSA) is 158 Å². The summed E-state index contributed by atoms with van der Waals surface area (Å²) in [5.41, 5.74) is 0.645. The minimum Gasteiger partial charge on any atom is -0.508 e. The lowest BCUT2D eigenvalue weighted by atomic mass is 9.88. The third kappa shape index (κ3) is 3.15. The predicted molar refractivity (Wildman–Crippen MR) is 102 cm³/mol. The third-order valence-corrected chi connectivity index (χ3v) is 5.95. The smallest absolute Gasteiger partial charge is 0.187 e. The van der Waals surface area contributed by atoms with Crippen LogP contribution in [0.4, 0.5) is 0 Å². The molecular weight excluding hydrogens is 412 g/mol. The van der Waals surface area contributed by atoms with Gasteiger partial charge in [0, 0.05) is 12.1 Å². The molecule has 0 radical (unpaired) electrons. The molecule has 0 bridgehead atoms. The normalized spacial score (nSPS) is 36.6. The van der Waals surface area contributed by atoms with Crippen LogP contribution < -0.4 is 4.74 Å². The Bertz CT molecular complexity index is 1010. The molecule has 3 aliphatic heterocycles. The molecule has 0 saturated carbocycles. The quantitative estimate of drug-likeness (QED) is 0.357. The predicted octanol–water partition coefficient (Wildman–Crippen LogP) is 0.934. The highest BCUT2D eigenvalue weighted by atomic mass is 16.7. The molecule has 8 atom stereocenters. The van der Waals surface area contributed by atoms with Crippen LogP contribution in [0.2, 0.25) is 0 Å². The summed E-state index contributed by atoms with van der Waals surface area (Å²) < 4.78 is 23.9. The van der Waals surface area contributed by atoms with Gasteiger partial charge in [-0.15, -0.1) is 0 Å². The number of hydrogen-bond donors (Lipinski definition) is 6. The van der Waals surface area contributed by atoms with Gasteiger partial charge in [0.05, 0.1) is 11.7 Å². The molecule has 3 heterocycles. The zero-order chi connectivity index (χ0) is 22.0. The lowest BCUT2D eigenvalue weighted by Gasteiger charge is -2.51. The summed E-state index contributed by atoms with van der Waals surface area (Å²) >= 11 is 0. The molecule has 5 rings (SSSR count). The van der Waals surface area contributed by atoms with Crippen molar-refractivity contribution in [3.05, 3.63) is 41.5 Å². The lowest BCUT2D eigenvalue weighted by molar-refractivity contribution is -0.375. The second kappa shape index (κ2) is 7.14. The Kier molecular flexibility index (Phi) is 4.65. The van der Waals surface area contributed by atoms with Crippen molar-refractivity contribution in [2.24, 2.45) is 0 Å². The molecule has 0 aliphatic carbocycles. The SMILES string of the molecule is CC1OC2O[C@@H]3[C@@H](c4ccc(O)c(O)c4)Oc4cc(O)cc(O)c4[C@@H]3OC2C(O)C1O. The fourth-order valence-electron chi connectivity index (χ4n) is 4.35. The molecule has 31 heavy (non-hydrogen) atoms. The Morgan fingerprint density at radius 1 is 0.742 bits per heavy atom. The molecule has 166 valence electrons. The molecule has 2 fully saturated rings. The summed E-state index contributed by atoms with van der Waals surface area (Å²) in [7, 11) is 0. The van der Waals surface area contributed by atoms with E-state index in [-0.39, 0.29) is 34.3 Å². The molecule has 2 aromatic rings. The van der Waals surface area contributed by atoms with Gasteiger partial charge in [-0.05, 0) is 24.6 Å². The summed E-state index contributed by atoms with van der Waals surface area (Å²) in [6.45, 7) is 1.59. The van der Waals surface area contributed by atoms with E-state index in [1.165, 1.54) is 24.3 Å². The van der Waals surface area contributed by atoms with Crippen LogP contribution in [0.1, 0.15) is 30.3 Å². The number of rotatable bonds is 1. The van der Waals surface area contributed by atoms with E-state index in [9.17, 15) is 30.6 Å². The maximum atomic E-state index is 10.5. The van der Waals surface area contributed by atoms with E-state index < -0.39 is 49.0 Å². The molecule has 0 spiro atoms. The second-order valence-corrected chi connectivity index (χ2v) is 7.98. The van der Waals surface area contributed by atoms with Crippen LogP contribution in [0.15, 0.2) is 30.3 Å². The number of hydrogen-bond acceptors (Lipinski definition) is 10. The number of phenols is 4. The van der Waals surface area contributed by atoms with Gasteiger partial charge in [-0.3, -0.25) is 0 Å². The second-order valence-electron chi connectivity index (χ2n) is 7.98. The Morgan fingerprint density at radius 2 is 1.52 bits per heavy atom. The van der Waals surface area contributed by atoms with Gasteiger partial charge in [0.15, 0.2) is 23.9 Å². The number of aliphatic hydroxyl groups excluding tert-OH is 2. The van der Waals surface area contributed by atoms with Gasteiger partial charge in [-0.2, -0.15) is 0 Å². The zero-order valence-electron chi connectivity index (χ0n) is 16.3. The van der Waals surface area contributed by atoms with Gasteiger partial charge in [0.1, 0.15) is 47.8 Å². The van der Waals surface area contributed by atoms with Gasteiger partial charge in [0.25, 0.3) is 0 Å². The lowest BCUT2D eigenvalue weighted by Crippen LogP contribution is -2.63. The van der Waals surface area contributed by atoms with Gasteiger partial charge in [-0.25, -0.2) is 0 Å². The summed E-state index contributed by atoms with van der Waals surface area (Å²) in [4.78, 5) is 0. The number of phenolic OH excluding ortho intramolecular Hbond substituents is 4. The number of fused-ring (bicyclic) bond motifs is 4. The fraction of sp³-hybridized carbons (Fsp3) is 0.429. The highest BCUT2D eigenvalue weighted by Gasteiger charge is 2.55. The maximum Gasteiger partial charge on any atom is 0.187 e. The highest BCUT2D eigenvalue weighted by molar-refractivity contribution is 5.53. The van der Waals surface area contributed by atoms with Gasteiger partial charge in [-0.1, -0.05) is 6.07 Å². The van der Waals surface area contributed by atoms with E-state index in [0.29, 0.717) is 5.56 Å². The molecule has 10 heteroatoms. The standard InChI is InChI=1S/C21H22O10/c1-7-15(26)16(27)19-21(28-7)31-20-17(8-2-3-10(23)11(24)4-8)29-13-6-9(22)5-12(25)14(13)18(20)30-19/h2-7,15-27H,1H3/t7?,15?,16?,17-,18+,19?,20-,21?/m1/s1. The van der Waals surface area contributed by atoms with Crippen molar-refractivity contribution in [2.45, 2.75) is 55.9 Å². The third-order valence-electron chi connectivity index (χ3n) is 5.95. The van der Waals surface area contributed by atoms with Crippen molar-refractivity contribution in [3.63, 3.8) is 0 Å². The Labute approximate surface area is 176 Å². The first-order valence-electron chi connectivity index (χ1n) is 9.81. The monoisotopic (exact) mass is 434 g/mol. The first-order chi connectivity index (χ1) is 14.7. The van der Waals surface area contributed by atoms with Crippen molar-refractivity contribution >= 4 is 0 Å². The van der Waals surface area contributed by atoms with E-state index >= 15 is 0 Å². The molecule has 2 aromatic carbocycles. The zero-order valence-corrected chi connectivity index (χ0v) is 16.3. The molecule has 3 aliphatic rings. The average Bonchev–Trinajstić information content (AvgIpc) is 2.72. The Hall–Kier alpha value is -2.76. The summed E-state index contributed by atoms with van der Waals surface area (Å²) in [6, 6.07) is 6.57. The van der Waals surface area contributed by atoms with Crippen molar-refractivity contribution in [1.82, 2.24) is 0 Å². The minimum absolute atomic E-state index is 0.124. The van der Waals surface area contributed by atoms with E-state index in [0.717, 1.165) is 6.07 Å². The van der Waals surface area contributed by atoms with Crippen LogP contribution in [0, 0.1) is 0 Å². The van der Waals surface area contributed by atoms with Crippen LogP contribution in [-0.4, -0.2) is 67.4 Å². The largest absolute Gasteiger partial charge is 0.508 e. The number of aliphatic hydroxyl groups is 2. The van der Waals surface area contributed by atoms with Crippen molar-refractivity contribution in [1.29, 1.82) is 0 Å². The Balaban J connectivity index is 1.60. The number of benzene rings is 2. The minimum atomic E-state index is -1.29. The molecule has 0 amide bonds. The molecule has 6 N–H and O–H groups in total. The van der Waals surface area contributed by atoms with Crippen LogP contribution in [0.3, 0.4) is 0 Å². The van der Waals surface area contributed by atoms with Crippen LogP contribution >= 0.6 is 0 Å². The molecule has 2 saturated heterocycles. The molecule has 5 unspecified atom stereocenters. The van der Waals surface area contributed by atoms with Crippen LogP contribution in [-0.2, 0) is 14.2 Å². The molecule has 10 nitrogen and oxygen atoms in total.